The predicted octanol–water partition coefficient (Wildman–Crippen LogP) is 3.30. The Hall–Kier alpha value is -3.03. The van der Waals surface area contributed by atoms with Crippen LogP contribution in [0.25, 0.3) is 0 Å². The Morgan fingerprint density at radius 3 is 2.38 bits per heavy atom. The van der Waals surface area contributed by atoms with E-state index in [0.717, 1.165) is 5.56 Å². The number of nitrogens with one attached hydrogen (secondary N) is 2. The van der Waals surface area contributed by atoms with Crippen molar-refractivity contribution in [3.8, 4) is 5.75 Å². The Kier molecular flexibility index (Phi) is 6.21. The van der Waals surface area contributed by atoms with E-state index in [2.05, 4.69) is 5.32 Å². The maximum absolute atomic E-state index is 12.2. The van der Waals surface area contributed by atoms with Crippen LogP contribution in [0.1, 0.15) is 15.9 Å². The van der Waals surface area contributed by atoms with Gasteiger partial charge in [0.05, 0.1) is 11.3 Å². The van der Waals surface area contributed by atoms with Crippen LogP contribution in [0.15, 0.2) is 48.5 Å². The molecule has 0 spiro atoms. The third-order valence-electron chi connectivity index (χ3n) is 3.35. The third-order valence-corrected chi connectivity index (χ3v) is 3.35. The summed E-state index contributed by atoms with van der Waals surface area (Å²) in [6, 6.07) is 12.9. The quantitative estimate of drug-likeness (QED) is 0.824. The second-order valence-corrected chi connectivity index (χ2v) is 5.45. The maximum Gasteiger partial charge on any atom is 0.405 e. The average Bonchev–Trinajstić information content (AvgIpc) is 2.59. The van der Waals surface area contributed by atoms with E-state index in [1.54, 1.807) is 23.5 Å². The molecule has 0 aliphatic carbocycles. The number of carbonyl (C=O) groups is 2. The number of benzene rings is 2. The first-order valence-electron chi connectivity index (χ1n) is 7.68. The van der Waals surface area contributed by atoms with Gasteiger partial charge in [0.25, 0.3) is 11.8 Å². The number of ether oxygens (including phenoxy) is 1. The van der Waals surface area contributed by atoms with Gasteiger partial charge in [-0.15, -0.1) is 0 Å². The summed E-state index contributed by atoms with van der Waals surface area (Å²) in [5, 5.41) is 4.24. The van der Waals surface area contributed by atoms with Crippen molar-refractivity contribution in [3.63, 3.8) is 0 Å². The number of anilines is 1. The zero-order valence-corrected chi connectivity index (χ0v) is 13.9. The fraction of sp³-hybridized carbons (Fsp3) is 0.222. The van der Waals surface area contributed by atoms with Crippen molar-refractivity contribution in [2.45, 2.75) is 13.1 Å². The van der Waals surface area contributed by atoms with Gasteiger partial charge in [0.15, 0.2) is 6.61 Å². The normalized spacial score (nSPS) is 10.9. The van der Waals surface area contributed by atoms with Gasteiger partial charge in [-0.3, -0.25) is 9.59 Å². The lowest BCUT2D eigenvalue weighted by atomic mass is 10.1. The molecule has 2 amide bonds. The summed E-state index contributed by atoms with van der Waals surface area (Å²) in [4.78, 5) is 24.0. The Balaban J connectivity index is 1.99. The van der Waals surface area contributed by atoms with Gasteiger partial charge in [0, 0.05) is 0 Å². The molecule has 8 heteroatoms. The Labute approximate surface area is 148 Å². The van der Waals surface area contributed by atoms with Crippen LogP contribution in [-0.4, -0.2) is 31.1 Å². The van der Waals surface area contributed by atoms with Crippen LogP contribution in [0.5, 0.6) is 5.75 Å². The zero-order chi connectivity index (χ0) is 19.2. The van der Waals surface area contributed by atoms with Gasteiger partial charge < -0.3 is 15.4 Å². The van der Waals surface area contributed by atoms with Gasteiger partial charge in [-0.25, -0.2) is 0 Å². The molecule has 26 heavy (non-hydrogen) atoms. The molecule has 2 aromatic carbocycles. The summed E-state index contributed by atoms with van der Waals surface area (Å²) in [6.07, 6.45) is -4.52. The summed E-state index contributed by atoms with van der Waals surface area (Å²) < 4.78 is 42.1. The van der Waals surface area contributed by atoms with Gasteiger partial charge in [-0.05, 0) is 30.7 Å². The number of halogens is 3. The number of hydrogen-bond donors (Lipinski definition) is 2. The molecule has 0 saturated carbocycles. The van der Waals surface area contributed by atoms with Gasteiger partial charge in [-0.1, -0.05) is 30.3 Å². The van der Waals surface area contributed by atoms with Crippen molar-refractivity contribution in [1.29, 1.82) is 0 Å². The van der Waals surface area contributed by atoms with Crippen molar-refractivity contribution in [3.05, 3.63) is 59.7 Å². The molecule has 0 unspecified atom stereocenters. The molecule has 0 bridgehead atoms. The van der Waals surface area contributed by atoms with Gasteiger partial charge in [-0.2, -0.15) is 13.2 Å². The molecule has 138 valence electrons. The largest absolute Gasteiger partial charge is 0.483 e. The molecule has 0 atom stereocenters. The molecule has 0 heterocycles. The van der Waals surface area contributed by atoms with E-state index < -0.39 is 24.5 Å². The Bertz CT molecular complexity index is 791. The Morgan fingerprint density at radius 1 is 1.04 bits per heavy atom. The predicted molar refractivity (Wildman–Crippen MR) is 90.1 cm³/mol. The molecule has 5 nitrogen and oxygen atoms in total. The van der Waals surface area contributed by atoms with Crippen molar-refractivity contribution < 1.29 is 27.5 Å². The minimum Gasteiger partial charge on any atom is -0.483 e. The van der Waals surface area contributed by atoms with Crippen LogP contribution < -0.4 is 15.4 Å². The third kappa shape index (κ3) is 5.80. The molecule has 0 saturated heterocycles. The first-order chi connectivity index (χ1) is 12.3. The van der Waals surface area contributed by atoms with Crippen LogP contribution in [0.3, 0.4) is 0 Å². The summed E-state index contributed by atoms with van der Waals surface area (Å²) >= 11 is 0. The number of carbonyl (C=O) groups excluding carboxylic acids is 2. The van der Waals surface area contributed by atoms with E-state index >= 15 is 0 Å². The Morgan fingerprint density at radius 2 is 1.69 bits per heavy atom. The van der Waals surface area contributed by atoms with Crippen LogP contribution in [0, 0.1) is 6.92 Å². The number of para-hydroxylation sites is 2. The molecule has 0 aliphatic rings. The van der Waals surface area contributed by atoms with E-state index in [1.165, 1.54) is 18.2 Å². The molecule has 0 radical (unpaired) electrons. The molecule has 2 N–H and O–H groups in total. The van der Waals surface area contributed by atoms with Gasteiger partial charge >= 0.3 is 6.18 Å². The topological polar surface area (TPSA) is 67.4 Å². The minimum absolute atomic E-state index is 0.0685. The molecule has 0 aliphatic heterocycles. The van der Waals surface area contributed by atoms with E-state index in [4.69, 9.17) is 4.74 Å². The van der Waals surface area contributed by atoms with Crippen LogP contribution >= 0.6 is 0 Å². The van der Waals surface area contributed by atoms with Crippen LogP contribution in [0.4, 0.5) is 18.9 Å². The number of rotatable bonds is 6. The molecule has 2 aromatic rings. The molecular formula is C18H17F3N2O3. The monoisotopic (exact) mass is 366 g/mol. The van der Waals surface area contributed by atoms with Crippen molar-refractivity contribution in [2.75, 3.05) is 18.5 Å². The highest BCUT2D eigenvalue weighted by Crippen LogP contribution is 2.18. The number of aryl methyl sites for hydroxylation is 1. The summed E-state index contributed by atoms with van der Waals surface area (Å²) in [7, 11) is 0. The summed E-state index contributed by atoms with van der Waals surface area (Å²) in [6.45, 7) is 0.0708. The van der Waals surface area contributed by atoms with E-state index in [-0.39, 0.29) is 17.9 Å². The first-order valence-corrected chi connectivity index (χ1v) is 7.68. The number of alkyl halides is 3. The molecule has 0 fully saturated rings. The smallest absolute Gasteiger partial charge is 0.405 e. The van der Waals surface area contributed by atoms with Gasteiger partial charge in [0.1, 0.15) is 12.3 Å². The van der Waals surface area contributed by atoms with E-state index in [1.807, 2.05) is 19.1 Å². The van der Waals surface area contributed by atoms with Crippen LogP contribution in [-0.2, 0) is 4.79 Å². The fourth-order valence-electron chi connectivity index (χ4n) is 2.11. The zero-order valence-electron chi connectivity index (χ0n) is 13.9. The lowest BCUT2D eigenvalue weighted by Crippen LogP contribution is -2.34. The first kappa shape index (κ1) is 19.3. The lowest BCUT2D eigenvalue weighted by molar-refractivity contribution is -0.123. The highest BCUT2D eigenvalue weighted by Gasteiger charge is 2.28. The van der Waals surface area contributed by atoms with Crippen molar-refractivity contribution in [1.82, 2.24) is 5.32 Å². The number of amides is 2. The van der Waals surface area contributed by atoms with E-state index in [9.17, 15) is 22.8 Å². The highest BCUT2D eigenvalue weighted by atomic mass is 19.4. The highest BCUT2D eigenvalue weighted by molar-refractivity contribution is 6.04. The van der Waals surface area contributed by atoms with Crippen LogP contribution in [0.2, 0.25) is 0 Å². The standard InChI is InChI=1S/C18H17F3N2O3/c1-12-6-2-5-9-15(12)26-10-16(24)23-14-8-4-3-7-13(14)17(25)22-11-18(19,20)21/h2-9H,10-11H2,1H3,(H,22,25)(H,23,24). The van der Waals surface area contributed by atoms with Gasteiger partial charge in [0.2, 0.25) is 0 Å². The van der Waals surface area contributed by atoms with Crippen molar-refractivity contribution >= 4 is 17.5 Å². The number of hydrogen-bond acceptors (Lipinski definition) is 3. The average molecular weight is 366 g/mol. The molecule has 2 rings (SSSR count). The van der Waals surface area contributed by atoms with Crippen molar-refractivity contribution in [2.24, 2.45) is 0 Å². The SMILES string of the molecule is Cc1ccccc1OCC(=O)Nc1ccccc1C(=O)NCC(F)(F)F. The minimum atomic E-state index is -4.52. The summed E-state index contributed by atoms with van der Waals surface area (Å²) in [5.41, 5.74) is 0.888. The second-order valence-electron chi connectivity index (χ2n) is 5.45. The maximum atomic E-state index is 12.2. The molecule has 0 aromatic heterocycles. The second kappa shape index (κ2) is 8.37. The van der Waals surface area contributed by atoms with E-state index in [0.29, 0.717) is 5.75 Å². The molecular weight excluding hydrogens is 349 g/mol. The lowest BCUT2D eigenvalue weighted by Gasteiger charge is -2.13. The fourth-order valence-corrected chi connectivity index (χ4v) is 2.11. The summed E-state index contributed by atoms with van der Waals surface area (Å²) in [5.74, 6) is -0.929.